The van der Waals surface area contributed by atoms with Gasteiger partial charge in [-0.1, -0.05) is 24.3 Å². The Labute approximate surface area is 161 Å². The summed E-state index contributed by atoms with van der Waals surface area (Å²) >= 11 is 1.22. The van der Waals surface area contributed by atoms with Crippen LogP contribution < -0.4 is 4.74 Å². The van der Waals surface area contributed by atoms with Crippen LogP contribution in [0.15, 0.2) is 53.9 Å². The third-order valence-corrected chi connectivity index (χ3v) is 4.51. The summed E-state index contributed by atoms with van der Waals surface area (Å²) in [5.41, 5.74) is 0.231. The van der Waals surface area contributed by atoms with Crippen molar-refractivity contribution in [2.45, 2.75) is 12.8 Å². The van der Waals surface area contributed by atoms with Crippen molar-refractivity contribution in [3.05, 3.63) is 71.0 Å². The molecule has 0 bridgehead atoms. The summed E-state index contributed by atoms with van der Waals surface area (Å²) in [6.07, 6.45) is -4.40. The molecule has 0 saturated carbocycles. The lowest BCUT2D eigenvalue weighted by Gasteiger charge is -2.07. The van der Waals surface area contributed by atoms with Crippen LogP contribution >= 0.6 is 11.3 Å². The van der Waals surface area contributed by atoms with Gasteiger partial charge in [-0.15, -0.1) is 11.3 Å². The Bertz CT molecular complexity index is 954. The fraction of sp³-hybridized carbons (Fsp3) is 0.158. The molecule has 0 fully saturated rings. The van der Waals surface area contributed by atoms with Crippen LogP contribution in [0.5, 0.6) is 5.75 Å². The summed E-state index contributed by atoms with van der Waals surface area (Å²) in [6.45, 7) is -0.590. The fourth-order valence-corrected chi connectivity index (χ4v) is 3.01. The molecule has 3 rings (SSSR count). The predicted molar refractivity (Wildman–Crippen MR) is 94.2 cm³/mol. The highest BCUT2D eigenvalue weighted by Crippen LogP contribution is 2.31. The number of para-hydroxylation sites is 1. The van der Waals surface area contributed by atoms with Crippen LogP contribution in [0.1, 0.15) is 11.3 Å². The summed E-state index contributed by atoms with van der Waals surface area (Å²) < 4.78 is 61.3. The van der Waals surface area contributed by atoms with E-state index in [2.05, 4.69) is 4.98 Å². The van der Waals surface area contributed by atoms with Crippen molar-refractivity contribution >= 4 is 17.3 Å². The molecule has 0 aliphatic rings. The summed E-state index contributed by atoms with van der Waals surface area (Å²) in [7, 11) is 0. The predicted octanol–water partition coefficient (Wildman–Crippen LogP) is 5.09. The van der Waals surface area contributed by atoms with Gasteiger partial charge in [0, 0.05) is 10.9 Å². The molecule has 1 heterocycles. The zero-order chi connectivity index (χ0) is 20.1. The number of hydrogen-bond donors (Lipinski definition) is 0. The van der Waals surface area contributed by atoms with E-state index in [-0.39, 0.29) is 12.4 Å². The van der Waals surface area contributed by atoms with Gasteiger partial charge < -0.3 is 9.47 Å². The highest BCUT2D eigenvalue weighted by atomic mass is 32.1. The number of carbonyl (C=O) groups is 1. The molecule has 2 aromatic carbocycles. The van der Waals surface area contributed by atoms with E-state index in [1.807, 2.05) is 0 Å². The smallest absolute Gasteiger partial charge is 0.416 e. The second-order valence-corrected chi connectivity index (χ2v) is 6.46. The number of benzene rings is 2. The second kappa shape index (κ2) is 8.39. The Hall–Kier alpha value is -2.94. The number of aromatic nitrogens is 1. The normalized spacial score (nSPS) is 11.3. The average molecular weight is 411 g/mol. The van der Waals surface area contributed by atoms with Gasteiger partial charge in [0.25, 0.3) is 0 Å². The largest absolute Gasteiger partial charge is 0.479 e. The Morgan fingerprint density at radius 2 is 1.79 bits per heavy atom. The van der Waals surface area contributed by atoms with Gasteiger partial charge in [0.05, 0.1) is 11.3 Å². The number of thiazole rings is 1. The monoisotopic (exact) mass is 411 g/mol. The summed E-state index contributed by atoms with van der Waals surface area (Å²) in [6, 6.07) is 10.3. The first-order chi connectivity index (χ1) is 13.3. The Kier molecular flexibility index (Phi) is 5.93. The maximum atomic E-state index is 13.4. The van der Waals surface area contributed by atoms with Gasteiger partial charge in [-0.05, 0) is 24.3 Å². The molecule has 0 aliphatic carbocycles. The van der Waals surface area contributed by atoms with Crippen LogP contribution in [0.2, 0.25) is 0 Å². The molecule has 0 aliphatic heterocycles. The molecule has 9 heteroatoms. The maximum Gasteiger partial charge on any atom is 0.416 e. The molecule has 0 N–H and O–H groups in total. The number of esters is 1. The molecule has 0 amide bonds. The maximum absolute atomic E-state index is 13.4. The van der Waals surface area contributed by atoms with Gasteiger partial charge >= 0.3 is 12.1 Å². The van der Waals surface area contributed by atoms with E-state index in [0.717, 1.165) is 12.1 Å². The van der Waals surface area contributed by atoms with E-state index in [4.69, 9.17) is 9.47 Å². The molecule has 0 spiro atoms. The van der Waals surface area contributed by atoms with E-state index in [1.165, 1.54) is 41.7 Å². The average Bonchev–Trinajstić information content (AvgIpc) is 3.14. The number of carbonyl (C=O) groups excluding carboxylic acids is 1. The summed E-state index contributed by atoms with van der Waals surface area (Å²) in [4.78, 5) is 15.9. The second-order valence-electron chi connectivity index (χ2n) is 5.60. The lowest BCUT2D eigenvalue weighted by molar-refractivity contribution is -0.147. The minimum atomic E-state index is -4.40. The zero-order valence-electron chi connectivity index (χ0n) is 14.2. The van der Waals surface area contributed by atoms with Gasteiger partial charge in [0.1, 0.15) is 11.6 Å². The van der Waals surface area contributed by atoms with Crippen LogP contribution in [0.4, 0.5) is 17.6 Å². The van der Waals surface area contributed by atoms with Crippen LogP contribution in [0.25, 0.3) is 10.6 Å². The molecule has 28 heavy (non-hydrogen) atoms. The minimum Gasteiger partial charge on any atom is -0.479 e. The number of alkyl halides is 3. The third kappa shape index (κ3) is 5.07. The van der Waals surface area contributed by atoms with E-state index < -0.39 is 30.1 Å². The van der Waals surface area contributed by atoms with Crippen molar-refractivity contribution in [3.63, 3.8) is 0 Å². The molecule has 0 radical (unpaired) electrons. The van der Waals surface area contributed by atoms with Crippen molar-refractivity contribution in [2.24, 2.45) is 0 Å². The van der Waals surface area contributed by atoms with E-state index >= 15 is 0 Å². The third-order valence-electron chi connectivity index (χ3n) is 3.57. The Morgan fingerprint density at radius 3 is 2.46 bits per heavy atom. The molecule has 0 unspecified atom stereocenters. The van der Waals surface area contributed by atoms with Crippen LogP contribution in [0, 0.1) is 5.82 Å². The first kappa shape index (κ1) is 19.8. The highest BCUT2D eigenvalue weighted by Gasteiger charge is 2.30. The lowest BCUT2D eigenvalue weighted by Crippen LogP contribution is -2.15. The molecular formula is C19H13F4NO3S. The summed E-state index contributed by atoms with van der Waals surface area (Å²) in [5.74, 6) is -1.35. The van der Waals surface area contributed by atoms with Crippen molar-refractivity contribution in [3.8, 4) is 16.3 Å². The van der Waals surface area contributed by atoms with Gasteiger partial charge in [0.15, 0.2) is 18.2 Å². The van der Waals surface area contributed by atoms with Gasteiger partial charge in [-0.25, -0.2) is 14.2 Å². The molecule has 4 nitrogen and oxygen atoms in total. The summed E-state index contributed by atoms with van der Waals surface area (Å²) in [5, 5.41) is 2.14. The van der Waals surface area contributed by atoms with Crippen molar-refractivity contribution in [2.75, 3.05) is 6.61 Å². The van der Waals surface area contributed by atoms with E-state index in [1.54, 1.807) is 11.4 Å². The van der Waals surface area contributed by atoms with Gasteiger partial charge in [-0.2, -0.15) is 13.2 Å². The number of rotatable bonds is 6. The first-order valence-corrected chi connectivity index (χ1v) is 8.86. The quantitative estimate of drug-likeness (QED) is 0.419. The van der Waals surface area contributed by atoms with Crippen LogP contribution in [0.3, 0.4) is 0 Å². The Morgan fingerprint density at radius 1 is 1.07 bits per heavy atom. The van der Waals surface area contributed by atoms with E-state index in [0.29, 0.717) is 16.3 Å². The standard InChI is InChI=1S/C19H13F4NO3S/c20-15-3-1-2-4-16(15)26-10-17(25)27-9-14-11-28-18(24-14)12-5-7-13(8-6-12)19(21,22)23/h1-8,11H,9-10H2. The lowest BCUT2D eigenvalue weighted by atomic mass is 10.1. The number of hydrogen-bond acceptors (Lipinski definition) is 5. The molecule has 3 aromatic rings. The van der Waals surface area contributed by atoms with E-state index in [9.17, 15) is 22.4 Å². The number of ether oxygens (including phenoxy) is 2. The molecule has 0 atom stereocenters. The molecule has 0 saturated heterocycles. The number of halogens is 4. The SMILES string of the molecule is O=C(COc1ccccc1F)OCc1csc(-c2ccc(C(F)(F)F)cc2)n1. The van der Waals surface area contributed by atoms with Crippen LogP contribution in [-0.4, -0.2) is 17.6 Å². The fourth-order valence-electron chi connectivity index (χ4n) is 2.20. The van der Waals surface area contributed by atoms with Crippen molar-refractivity contribution in [1.82, 2.24) is 4.98 Å². The topological polar surface area (TPSA) is 48.4 Å². The first-order valence-electron chi connectivity index (χ1n) is 7.98. The zero-order valence-corrected chi connectivity index (χ0v) is 15.0. The van der Waals surface area contributed by atoms with Gasteiger partial charge in [0.2, 0.25) is 0 Å². The number of nitrogens with zero attached hydrogens (tertiary/aromatic N) is 1. The molecular weight excluding hydrogens is 398 g/mol. The van der Waals surface area contributed by atoms with Crippen LogP contribution in [-0.2, 0) is 22.3 Å². The van der Waals surface area contributed by atoms with Crippen molar-refractivity contribution < 1.29 is 31.8 Å². The van der Waals surface area contributed by atoms with Gasteiger partial charge in [-0.3, -0.25) is 0 Å². The minimum absolute atomic E-state index is 0.0577. The van der Waals surface area contributed by atoms with Crippen molar-refractivity contribution in [1.29, 1.82) is 0 Å². The Balaban J connectivity index is 1.53. The highest BCUT2D eigenvalue weighted by molar-refractivity contribution is 7.13. The molecule has 146 valence electrons. The molecule has 1 aromatic heterocycles.